The summed E-state index contributed by atoms with van der Waals surface area (Å²) in [6.45, 7) is 1.12. The highest BCUT2D eigenvalue weighted by molar-refractivity contribution is 7.99. The Labute approximate surface area is 135 Å². The number of nitrogens with zero attached hydrogens (tertiary/aromatic N) is 3. The third-order valence-corrected chi connectivity index (χ3v) is 4.31. The minimum atomic E-state index is 0. The Bertz CT molecular complexity index is 618. The van der Waals surface area contributed by atoms with E-state index in [2.05, 4.69) is 52.5 Å². The molecule has 2 aromatic rings. The van der Waals surface area contributed by atoms with Crippen LogP contribution in [-0.4, -0.2) is 35.5 Å². The van der Waals surface area contributed by atoms with Gasteiger partial charge in [-0.2, -0.15) is 0 Å². The zero-order chi connectivity index (χ0) is 13.9. The van der Waals surface area contributed by atoms with E-state index in [1.54, 1.807) is 24.2 Å². The molecule has 21 heavy (non-hydrogen) atoms. The number of rotatable bonds is 4. The van der Waals surface area contributed by atoms with E-state index in [0.29, 0.717) is 0 Å². The minimum Gasteiger partial charge on any atom is -0.337 e. The van der Waals surface area contributed by atoms with E-state index in [1.165, 1.54) is 16.9 Å². The van der Waals surface area contributed by atoms with E-state index in [0.717, 1.165) is 29.5 Å². The van der Waals surface area contributed by atoms with E-state index in [9.17, 15) is 0 Å². The van der Waals surface area contributed by atoms with Crippen LogP contribution in [0.2, 0.25) is 0 Å². The van der Waals surface area contributed by atoms with Crippen LogP contribution in [0.1, 0.15) is 12.0 Å². The third kappa shape index (κ3) is 3.87. The number of hydrogen-bond donors (Lipinski definition) is 1. The van der Waals surface area contributed by atoms with Crippen molar-refractivity contribution >= 4 is 35.7 Å². The number of aryl methyl sites for hydroxylation is 1. The molecule has 0 saturated carbocycles. The topological polar surface area (TPSA) is 41.0 Å². The maximum absolute atomic E-state index is 4.34. The first kappa shape index (κ1) is 16.1. The largest absolute Gasteiger partial charge is 0.337 e. The molecule has 0 bridgehead atoms. The van der Waals surface area contributed by atoms with Gasteiger partial charge in [0, 0.05) is 17.3 Å². The standard InChI is InChI=1S/C15H18N4S.ClH/c1-19(2)9-3-4-11-5-6-13-12(10-11)18-14-15(20-13)17-8-7-16-14;/h5-8,10H,3-4,9H2,1-2H3,(H,16,18);1H. The van der Waals surface area contributed by atoms with Crippen LogP contribution in [0.25, 0.3) is 0 Å². The lowest BCUT2D eigenvalue weighted by Crippen LogP contribution is -2.13. The molecule has 1 aliphatic heterocycles. The second-order valence-corrected chi connectivity index (χ2v) is 6.21. The first-order valence-electron chi connectivity index (χ1n) is 6.76. The summed E-state index contributed by atoms with van der Waals surface area (Å²) in [6, 6.07) is 6.62. The molecule has 1 aliphatic rings. The maximum atomic E-state index is 4.34. The van der Waals surface area contributed by atoms with Crippen LogP contribution in [0, 0.1) is 0 Å². The first-order valence-corrected chi connectivity index (χ1v) is 7.57. The highest BCUT2D eigenvalue weighted by Crippen LogP contribution is 2.42. The van der Waals surface area contributed by atoms with Gasteiger partial charge in [-0.15, -0.1) is 12.4 Å². The van der Waals surface area contributed by atoms with E-state index >= 15 is 0 Å². The Kier molecular flexibility index (Phi) is 5.45. The molecule has 0 aliphatic carbocycles. The van der Waals surface area contributed by atoms with Gasteiger partial charge in [0.05, 0.1) is 5.69 Å². The monoisotopic (exact) mass is 322 g/mol. The van der Waals surface area contributed by atoms with Gasteiger partial charge >= 0.3 is 0 Å². The Hall–Kier alpha value is -1.30. The summed E-state index contributed by atoms with van der Waals surface area (Å²) in [4.78, 5) is 12.1. The smallest absolute Gasteiger partial charge is 0.163 e. The number of anilines is 2. The molecule has 0 fully saturated rings. The van der Waals surface area contributed by atoms with Crippen molar-refractivity contribution in [3.63, 3.8) is 0 Å². The molecule has 4 nitrogen and oxygen atoms in total. The van der Waals surface area contributed by atoms with Gasteiger partial charge in [0.2, 0.25) is 0 Å². The summed E-state index contributed by atoms with van der Waals surface area (Å²) in [6.07, 6.45) is 5.73. The summed E-state index contributed by atoms with van der Waals surface area (Å²) in [5.74, 6) is 0.857. The second kappa shape index (κ2) is 7.11. The fourth-order valence-corrected chi connectivity index (χ4v) is 3.11. The predicted octanol–water partition coefficient (Wildman–Crippen LogP) is 3.60. The van der Waals surface area contributed by atoms with Gasteiger partial charge in [0.1, 0.15) is 5.03 Å². The average molecular weight is 323 g/mol. The van der Waals surface area contributed by atoms with Crippen molar-refractivity contribution in [2.45, 2.75) is 22.8 Å². The summed E-state index contributed by atoms with van der Waals surface area (Å²) in [5, 5.41) is 4.32. The van der Waals surface area contributed by atoms with Gasteiger partial charge in [-0.1, -0.05) is 17.8 Å². The minimum absolute atomic E-state index is 0. The molecule has 0 unspecified atom stereocenters. The van der Waals surface area contributed by atoms with Crippen LogP contribution in [-0.2, 0) is 6.42 Å². The summed E-state index contributed by atoms with van der Waals surface area (Å²) in [5.41, 5.74) is 2.51. The summed E-state index contributed by atoms with van der Waals surface area (Å²) >= 11 is 1.68. The van der Waals surface area contributed by atoms with E-state index in [4.69, 9.17) is 0 Å². The van der Waals surface area contributed by atoms with Crippen LogP contribution >= 0.6 is 24.2 Å². The van der Waals surface area contributed by atoms with Crippen molar-refractivity contribution in [3.8, 4) is 0 Å². The molecular formula is C15H19ClN4S. The van der Waals surface area contributed by atoms with Crippen molar-refractivity contribution < 1.29 is 0 Å². The molecule has 0 spiro atoms. The van der Waals surface area contributed by atoms with Crippen LogP contribution in [0.4, 0.5) is 11.5 Å². The lowest BCUT2D eigenvalue weighted by Gasteiger charge is -2.19. The predicted molar refractivity (Wildman–Crippen MR) is 90.0 cm³/mol. The van der Waals surface area contributed by atoms with Crippen LogP contribution in [0.5, 0.6) is 0 Å². The molecule has 3 rings (SSSR count). The first-order chi connectivity index (χ1) is 9.72. The maximum Gasteiger partial charge on any atom is 0.163 e. The van der Waals surface area contributed by atoms with Gasteiger partial charge in [0.25, 0.3) is 0 Å². The zero-order valence-corrected chi connectivity index (χ0v) is 13.8. The Morgan fingerprint density at radius 2 is 2.00 bits per heavy atom. The van der Waals surface area contributed by atoms with Gasteiger partial charge in [0.15, 0.2) is 5.82 Å². The fourth-order valence-electron chi connectivity index (χ4n) is 2.24. The molecule has 0 amide bonds. The number of fused-ring (bicyclic) bond motifs is 2. The molecule has 0 radical (unpaired) electrons. The van der Waals surface area contributed by atoms with Crippen molar-refractivity contribution in [1.29, 1.82) is 0 Å². The van der Waals surface area contributed by atoms with E-state index in [-0.39, 0.29) is 12.4 Å². The number of benzene rings is 1. The molecule has 1 aromatic heterocycles. The summed E-state index contributed by atoms with van der Waals surface area (Å²) in [7, 11) is 4.22. The molecule has 1 N–H and O–H groups in total. The molecular weight excluding hydrogens is 304 g/mol. The van der Waals surface area contributed by atoms with E-state index in [1.807, 2.05) is 0 Å². The van der Waals surface area contributed by atoms with Crippen LogP contribution in [0.15, 0.2) is 40.5 Å². The van der Waals surface area contributed by atoms with E-state index < -0.39 is 0 Å². The average Bonchev–Trinajstić information content (AvgIpc) is 2.44. The summed E-state index contributed by atoms with van der Waals surface area (Å²) < 4.78 is 0. The molecule has 0 atom stereocenters. The molecule has 2 heterocycles. The quantitative estimate of drug-likeness (QED) is 0.794. The van der Waals surface area contributed by atoms with Crippen LogP contribution in [0.3, 0.4) is 0 Å². The lowest BCUT2D eigenvalue weighted by atomic mass is 10.1. The Balaban J connectivity index is 0.00000161. The highest BCUT2D eigenvalue weighted by Gasteiger charge is 2.17. The van der Waals surface area contributed by atoms with Crippen molar-refractivity contribution in [2.24, 2.45) is 0 Å². The Morgan fingerprint density at radius 3 is 2.81 bits per heavy atom. The second-order valence-electron chi connectivity index (χ2n) is 5.17. The zero-order valence-electron chi connectivity index (χ0n) is 12.2. The molecule has 0 saturated heterocycles. The number of aromatic nitrogens is 2. The van der Waals surface area contributed by atoms with Crippen LogP contribution < -0.4 is 5.32 Å². The van der Waals surface area contributed by atoms with Gasteiger partial charge in [-0.3, -0.25) is 0 Å². The van der Waals surface area contributed by atoms with Crippen molar-refractivity contribution in [2.75, 3.05) is 26.0 Å². The molecule has 1 aromatic carbocycles. The highest BCUT2D eigenvalue weighted by atomic mass is 35.5. The normalized spacial score (nSPS) is 12.1. The van der Waals surface area contributed by atoms with Crippen molar-refractivity contribution in [1.82, 2.24) is 14.9 Å². The van der Waals surface area contributed by atoms with Gasteiger partial charge in [-0.05, 0) is 51.2 Å². The van der Waals surface area contributed by atoms with Gasteiger partial charge in [-0.25, -0.2) is 9.97 Å². The number of halogens is 1. The lowest BCUT2D eigenvalue weighted by molar-refractivity contribution is 0.400. The third-order valence-electron chi connectivity index (χ3n) is 3.24. The SMILES string of the molecule is CN(C)CCCc1ccc2c(c1)Nc1nccnc1S2.Cl. The number of hydrogen-bond acceptors (Lipinski definition) is 5. The molecule has 112 valence electrons. The van der Waals surface area contributed by atoms with Gasteiger partial charge < -0.3 is 10.2 Å². The Morgan fingerprint density at radius 1 is 1.19 bits per heavy atom. The fraction of sp³-hybridized carbons (Fsp3) is 0.333. The molecule has 6 heteroatoms. The van der Waals surface area contributed by atoms with Crippen molar-refractivity contribution in [3.05, 3.63) is 36.2 Å². The number of nitrogens with one attached hydrogen (secondary N) is 1.